The van der Waals surface area contributed by atoms with Gasteiger partial charge < -0.3 is 24.9 Å². The number of carbonyl (C=O) groups is 1. The molecular weight excluding hydrogens is 530 g/mol. The van der Waals surface area contributed by atoms with E-state index in [1.807, 2.05) is 0 Å². The third kappa shape index (κ3) is 7.63. The Morgan fingerprint density at radius 2 is 1.84 bits per heavy atom. The fourth-order valence-electron chi connectivity index (χ4n) is 3.54. The molecule has 1 aromatic carbocycles. The smallest absolute Gasteiger partial charge is 0.480 e. The van der Waals surface area contributed by atoms with Crippen LogP contribution in [0.2, 0.25) is 0 Å². The lowest BCUT2D eigenvalue weighted by molar-refractivity contribution is -0.274. The molecule has 0 fully saturated rings. The van der Waals surface area contributed by atoms with Crippen LogP contribution >= 0.6 is 7.44 Å². The highest BCUT2D eigenvalue weighted by atomic mass is 31.2. The highest BCUT2D eigenvalue weighted by molar-refractivity contribution is 7.59. The third-order valence-electron chi connectivity index (χ3n) is 5.43. The molecule has 0 aliphatic heterocycles. The van der Waals surface area contributed by atoms with Crippen LogP contribution in [0, 0.1) is 0 Å². The average Bonchev–Trinajstić information content (AvgIpc) is 3.20. The number of imidazole rings is 1. The summed E-state index contributed by atoms with van der Waals surface area (Å²) in [5, 5.41) is 15.1. The predicted molar refractivity (Wildman–Crippen MR) is 132 cm³/mol. The molecule has 2 heterocycles. The number of nitrogens with one attached hydrogen (secondary N) is 2. The van der Waals surface area contributed by atoms with Crippen molar-refractivity contribution in [1.29, 1.82) is 0 Å². The summed E-state index contributed by atoms with van der Waals surface area (Å²) >= 11 is 0. The van der Waals surface area contributed by atoms with Crippen molar-refractivity contribution in [3.05, 3.63) is 42.5 Å². The van der Waals surface area contributed by atoms with E-state index in [0.717, 1.165) is 12.1 Å². The minimum atomic E-state index is -4.83. The van der Waals surface area contributed by atoms with Gasteiger partial charge in [0.1, 0.15) is 29.5 Å². The molecule has 208 valence electrons. The van der Waals surface area contributed by atoms with E-state index in [2.05, 4.69) is 29.9 Å². The molecule has 12 nitrogen and oxygen atoms in total. The number of aromatic nitrogens is 4. The molecule has 0 aliphatic carbocycles. The standard InChI is InChI=1S/C22H29F3N7O5P/c1-13(9-32-11-29-17-18(26)27-10-28-19(17)32)36-12-38(35,31-21(3,4)20(33)34)30-14(2)15-5-7-16(8-6-15)37-22(23,24)25/h5-8,10-11,13-14H,9,12H2,1-4H3,(H,33,34)(H2,26,27,28)(H2,30,31,35)/t13-,14+,38?/m1/s1. The van der Waals surface area contributed by atoms with Gasteiger partial charge in [-0.05, 0) is 45.4 Å². The molecule has 3 atom stereocenters. The molecule has 3 rings (SSSR count). The topological polar surface area (TPSA) is 167 Å². The summed E-state index contributed by atoms with van der Waals surface area (Å²) in [6.07, 6.45) is -2.91. The number of hydrogen-bond donors (Lipinski definition) is 4. The van der Waals surface area contributed by atoms with Crippen LogP contribution in [0.3, 0.4) is 0 Å². The normalized spacial score (nSPS) is 15.7. The van der Waals surface area contributed by atoms with E-state index in [9.17, 15) is 27.6 Å². The molecule has 0 saturated carbocycles. The summed E-state index contributed by atoms with van der Waals surface area (Å²) in [7, 11) is -3.75. The summed E-state index contributed by atoms with van der Waals surface area (Å²) in [6.45, 7) is 6.33. The number of carboxylic acid groups (broad SMARTS) is 1. The van der Waals surface area contributed by atoms with Gasteiger partial charge in [-0.15, -0.1) is 13.2 Å². The molecular formula is C22H29F3N7O5P. The number of hydrogen-bond acceptors (Lipinski definition) is 8. The first-order chi connectivity index (χ1) is 17.6. The van der Waals surface area contributed by atoms with Crippen LogP contribution in [-0.2, 0) is 20.6 Å². The van der Waals surface area contributed by atoms with Gasteiger partial charge in [-0.2, -0.15) is 0 Å². The number of carboxylic acids is 1. The number of fused-ring (bicyclic) bond motifs is 1. The number of nitrogens with two attached hydrogens (primary N) is 1. The molecule has 0 saturated heterocycles. The molecule has 0 radical (unpaired) electrons. The van der Waals surface area contributed by atoms with Gasteiger partial charge in [-0.25, -0.2) is 25.1 Å². The number of ether oxygens (including phenoxy) is 2. The second-order valence-electron chi connectivity index (χ2n) is 9.18. The minimum absolute atomic E-state index is 0.225. The SMILES string of the molecule is C[C@H](Cn1cnc2c(N)ncnc21)OCP(=O)(N[C@@H](C)c1ccc(OC(F)(F)F)cc1)NC(C)(C)C(=O)O. The predicted octanol–water partition coefficient (Wildman–Crippen LogP) is 3.67. The third-order valence-corrected chi connectivity index (χ3v) is 7.67. The Labute approximate surface area is 216 Å². The number of benzene rings is 1. The maximum atomic E-state index is 13.9. The number of alkyl halides is 3. The number of halogens is 3. The molecule has 0 aliphatic rings. The Morgan fingerprint density at radius 1 is 1.18 bits per heavy atom. The Morgan fingerprint density at radius 3 is 2.45 bits per heavy atom. The zero-order chi connectivity index (χ0) is 28.3. The van der Waals surface area contributed by atoms with E-state index < -0.39 is 49.6 Å². The van der Waals surface area contributed by atoms with Crippen molar-refractivity contribution < 1.29 is 37.1 Å². The monoisotopic (exact) mass is 559 g/mol. The van der Waals surface area contributed by atoms with Crippen LogP contribution < -0.4 is 20.6 Å². The molecule has 2 aromatic heterocycles. The Balaban J connectivity index is 1.73. The lowest BCUT2D eigenvalue weighted by Gasteiger charge is -2.32. The van der Waals surface area contributed by atoms with E-state index in [-0.39, 0.29) is 12.4 Å². The zero-order valence-electron chi connectivity index (χ0n) is 21.1. The van der Waals surface area contributed by atoms with Crippen LogP contribution in [0.1, 0.15) is 39.3 Å². The van der Waals surface area contributed by atoms with Gasteiger partial charge in [-0.3, -0.25) is 9.36 Å². The van der Waals surface area contributed by atoms with E-state index in [0.29, 0.717) is 16.7 Å². The molecule has 3 aromatic rings. The molecule has 0 spiro atoms. The van der Waals surface area contributed by atoms with Crippen molar-refractivity contribution in [2.75, 3.05) is 12.1 Å². The number of nitrogens with zero attached hydrogens (tertiary/aromatic N) is 4. The van der Waals surface area contributed by atoms with Crippen LogP contribution in [-0.4, -0.2) is 54.9 Å². The molecule has 5 N–H and O–H groups in total. The first kappa shape index (κ1) is 29.3. The maximum absolute atomic E-state index is 13.9. The van der Waals surface area contributed by atoms with Crippen LogP contribution in [0.15, 0.2) is 36.9 Å². The van der Waals surface area contributed by atoms with Gasteiger partial charge in [0.05, 0.1) is 19.0 Å². The lowest BCUT2D eigenvalue weighted by Crippen LogP contribution is -2.47. The fraction of sp³-hybridized carbons (Fsp3) is 0.455. The first-order valence-electron chi connectivity index (χ1n) is 11.4. The second kappa shape index (κ2) is 11.2. The fourth-order valence-corrected chi connectivity index (χ4v) is 5.98. The van der Waals surface area contributed by atoms with Crippen molar-refractivity contribution in [1.82, 2.24) is 29.7 Å². The Bertz CT molecular complexity index is 1320. The van der Waals surface area contributed by atoms with Crippen molar-refractivity contribution in [3.63, 3.8) is 0 Å². The number of anilines is 1. The van der Waals surface area contributed by atoms with Crippen molar-refractivity contribution in [2.24, 2.45) is 0 Å². The van der Waals surface area contributed by atoms with E-state index in [1.54, 1.807) is 18.4 Å². The van der Waals surface area contributed by atoms with Gasteiger partial charge in [-0.1, -0.05) is 12.1 Å². The molecule has 0 amide bonds. The quantitative estimate of drug-likeness (QED) is 0.239. The number of rotatable bonds is 12. The Kier molecular flexibility index (Phi) is 8.66. The van der Waals surface area contributed by atoms with Crippen LogP contribution in [0.5, 0.6) is 5.75 Å². The molecule has 38 heavy (non-hydrogen) atoms. The van der Waals surface area contributed by atoms with Crippen molar-refractivity contribution >= 4 is 30.4 Å². The largest absolute Gasteiger partial charge is 0.573 e. The summed E-state index contributed by atoms with van der Waals surface area (Å²) < 4.78 is 62.7. The Hall–Kier alpha value is -3.26. The average molecular weight is 559 g/mol. The van der Waals surface area contributed by atoms with Gasteiger partial charge in [0, 0.05) is 6.04 Å². The molecule has 16 heteroatoms. The summed E-state index contributed by atoms with van der Waals surface area (Å²) in [5.41, 5.74) is 5.63. The van der Waals surface area contributed by atoms with E-state index in [1.165, 1.54) is 38.6 Å². The summed E-state index contributed by atoms with van der Waals surface area (Å²) in [4.78, 5) is 24.0. The molecule has 1 unspecified atom stereocenters. The number of aliphatic carboxylic acids is 1. The van der Waals surface area contributed by atoms with E-state index >= 15 is 0 Å². The highest BCUT2D eigenvalue weighted by Crippen LogP contribution is 2.42. The number of nitrogen functional groups attached to an aromatic ring is 1. The minimum Gasteiger partial charge on any atom is -0.480 e. The van der Waals surface area contributed by atoms with Gasteiger partial charge in [0.25, 0.3) is 0 Å². The lowest BCUT2D eigenvalue weighted by atomic mass is 10.1. The van der Waals surface area contributed by atoms with Crippen molar-refractivity contribution in [2.45, 2.75) is 58.3 Å². The van der Waals surface area contributed by atoms with Crippen LogP contribution in [0.4, 0.5) is 19.0 Å². The summed E-state index contributed by atoms with van der Waals surface area (Å²) in [6, 6.07) is 4.36. The zero-order valence-corrected chi connectivity index (χ0v) is 22.0. The van der Waals surface area contributed by atoms with Crippen LogP contribution in [0.25, 0.3) is 11.2 Å². The first-order valence-corrected chi connectivity index (χ1v) is 13.3. The van der Waals surface area contributed by atoms with Gasteiger partial charge >= 0.3 is 12.3 Å². The van der Waals surface area contributed by atoms with Gasteiger partial charge in [0.15, 0.2) is 11.5 Å². The van der Waals surface area contributed by atoms with E-state index in [4.69, 9.17) is 10.5 Å². The summed E-state index contributed by atoms with van der Waals surface area (Å²) in [5.74, 6) is -1.42. The molecule has 0 bridgehead atoms. The second-order valence-corrected chi connectivity index (χ2v) is 11.4. The van der Waals surface area contributed by atoms with Crippen molar-refractivity contribution in [3.8, 4) is 5.75 Å². The maximum Gasteiger partial charge on any atom is 0.573 e. The van der Waals surface area contributed by atoms with Gasteiger partial charge in [0.2, 0.25) is 7.44 Å². The highest BCUT2D eigenvalue weighted by Gasteiger charge is 2.37.